The molecule has 0 saturated carbocycles. The van der Waals surface area contributed by atoms with Crippen LogP contribution in [0.1, 0.15) is 36.0 Å². The molecule has 2 aliphatic heterocycles. The molecule has 19 heavy (non-hydrogen) atoms. The third-order valence-corrected chi connectivity index (χ3v) is 4.28. The second kappa shape index (κ2) is 5.21. The maximum Gasteiger partial charge on any atom is 0.251 e. The molecule has 0 bridgehead atoms. The van der Waals surface area contributed by atoms with Crippen molar-refractivity contribution in [2.75, 3.05) is 13.1 Å². The van der Waals surface area contributed by atoms with Crippen LogP contribution in [-0.4, -0.2) is 41.1 Å². The van der Waals surface area contributed by atoms with Crippen LogP contribution < -0.4 is 5.32 Å². The average molecular weight is 260 g/mol. The molecule has 2 saturated heterocycles. The first kappa shape index (κ1) is 12.5. The van der Waals surface area contributed by atoms with E-state index in [9.17, 15) is 9.90 Å². The highest BCUT2D eigenvalue weighted by molar-refractivity contribution is 5.94. The van der Waals surface area contributed by atoms with Crippen LogP contribution >= 0.6 is 0 Å². The van der Waals surface area contributed by atoms with Gasteiger partial charge in [-0.05, 0) is 44.0 Å². The van der Waals surface area contributed by atoms with E-state index in [1.165, 1.54) is 31.9 Å². The first-order valence-electron chi connectivity index (χ1n) is 7.08. The number of phenolic OH excluding ortho intramolecular Hbond substituents is 1. The largest absolute Gasteiger partial charge is 0.508 e. The van der Waals surface area contributed by atoms with E-state index in [0.717, 1.165) is 13.0 Å². The van der Waals surface area contributed by atoms with Gasteiger partial charge in [0.15, 0.2) is 0 Å². The van der Waals surface area contributed by atoms with Gasteiger partial charge in [-0.25, -0.2) is 0 Å². The fraction of sp³-hybridized carbons (Fsp3) is 0.533. The number of carbonyl (C=O) groups excluding carboxylic acids is 1. The maximum atomic E-state index is 12.2. The predicted molar refractivity (Wildman–Crippen MR) is 73.2 cm³/mol. The lowest BCUT2D eigenvalue weighted by Gasteiger charge is -2.32. The van der Waals surface area contributed by atoms with Crippen molar-refractivity contribution in [2.45, 2.75) is 37.8 Å². The van der Waals surface area contributed by atoms with E-state index < -0.39 is 0 Å². The summed E-state index contributed by atoms with van der Waals surface area (Å²) >= 11 is 0. The SMILES string of the molecule is O=C(NC1CCN2CCCCC12)c1cccc(O)c1. The Morgan fingerprint density at radius 1 is 1.26 bits per heavy atom. The highest BCUT2D eigenvalue weighted by Crippen LogP contribution is 2.27. The third-order valence-electron chi connectivity index (χ3n) is 4.28. The van der Waals surface area contributed by atoms with Crippen molar-refractivity contribution in [1.29, 1.82) is 0 Å². The number of nitrogens with zero attached hydrogens (tertiary/aromatic N) is 1. The Hall–Kier alpha value is -1.55. The van der Waals surface area contributed by atoms with Crippen LogP contribution in [0.3, 0.4) is 0 Å². The lowest BCUT2D eigenvalue weighted by atomic mass is 9.99. The summed E-state index contributed by atoms with van der Waals surface area (Å²) in [5.41, 5.74) is 0.536. The molecule has 2 N–H and O–H groups in total. The molecule has 0 aliphatic carbocycles. The van der Waals surface area contributed by atoms with Crippen LogP contribution in [0.15, 0.2) is 24.3 Å². The van der Waals surface area contributed by atoms with Gasteiger partial charge >= 0.3 is 0 Å². The van der Waals surface area contributed by atoms with E-state index in [0.29, 0.717) is 11.6 Å². The number of rotatable bonds is 2. The number of hydrogen-bond acceptors (Lipinski definition) is 3. The summed E-state index contributed by atoms with van der Waals surface area (Å²) in [5.74, 6) is 0.0617. The smallest absolute Gasteiger partial charge is 0.251 e. The topological polar surface area (TPSA) is 52.6 Å². The van der Waals surface area contributed by atoms with Gasteiger partial charge in [-0.15, -0.1) is 0 Å². The standard InChI is InChI=1S/C15H20N2O2/c18-12-5-3-4-11(10-12)15(19)16-13-7-9-17-8-2-1-6-14(13)17/h3-5,10,13-14,18H,1-2,6-9H2,(H,16,19). The molecule has 0 aromatic heterocycles. The molecular formula is C15H20N2O2. The molecule has 2 unspecified atom stereocenters. The Kier molecular flexibility index (Phi) is 3.42. The highest BCUT2D eigenvalue weighted by Gasteiger charge is 2.36. The number of aromatic hydroxyl groups is 1. The van der Waals surface area contributed by atoms with E-state index in [-0.39, 0.29) is 17.7 Å². The lowest BCUT2D eigenvalue weighted by Crippen LogP contribution is -2.46. The number of amides is 1. The summed E-state index contributed by atoms with van der Waals surface area (Å²) in [7, 11) is 0. The number of carbonyl (C=O) groups is 1. The van der Waals surface area contributed by atoms with Gasteiger partial charge in [0.2, 0.25) is 0 Å². The Balaban J connectivity index is 1.66. The number of phenols is 1. The van der Waals surface area contributed by atoms with Gasteiger partial charge in [-0.3, -0.25) is 9.69 Å². The van der Waals surface area contributed by atoms with Gasteiger partial charge in [0.1, 0.15) is 5.75 Å². The minimum atomic E-state index is -0.0756. The molecule has 4 heteroatoms. The zero-order valence-electron chi connectivity index (χ0n) is 11.0. The number of piperidine rings is 1. The van der Waals surface area contributed by atoms with Crippen LogP contribution in [-0.2, 0) is 0 Å². The number of hydrogen-bond donors (Lipinski definition) is 2. The second-order valence-corrected chi connectivity index (χ2v) is 5.52. The minimum absolute atomic E-state index is 0.0756. The van der Waals surface area contributed by atoms with E-state index in [1.54, 1.807) is 18.2 Å². The Morgan fingerprint density at radius 2 is 2.16 bits per heavy atom. The van der Waals surface area contributed by atoms with Crippen molar-refractivity contribution in [3.05, 3.63) is 29.8 Å². The summed E-state index contributed by atoms with van der Waals surface area (Å²) in [6.07, 6.45) is 4.77. The van der Waals surface area contributed by atoms with E-state index in [2.05, 4.69) is 10.2 Å². The molecular weight excluding hydrogens is 240 g/mol. The fourth-order valence-electron chi connectivity index (χ4n) is 3.31. The molecule has 4 nitrogen and oxygen atoms in total. The quantitative estimate of drug-likeness (QED) is 0.851. The average Bonchev–Trinajstić information content (AvgIpc) is 2.82. The van der Waals surface area contributed by atoms with Crippen molar-refractivity contribution in [3.63, 3.8) is 0 Å². The Morgan fingerprint density at radius 3 is 3.00 bits per heavy atom. The van der Waals surface area contributed by atoms with Crippen molar-refractivity contribution in [2.24, 2.45) is 0 Å². The molecule has 0 spiro atoms. The van der Waals surface area contributed by atoms with Crippen LogP contribution in [0.5, 0.6) is 5.75 Å². The molecule has 1 aromatic rings. The van der Waals surface area contributed by atoms with Gasteiger partial charge in [0, 0.05) is 24.2 Å². The van der Waals surface area contributed by atoms with Gasteiger partial charge in [-0.2, -0.15) is 0 Å². The number of fused-ring (bicyclic) bond motifs is 1. The normalized spacial score (nSPS) is 26.9. The zero-order valence-corrected chi connectivity index (χ0v) is 11.0. The Labute approximate surface area is 113 Å². The molecule has 2 heterocycles. The summed E-state index contributed by atoms with van der Waals surface area (Å²) in [5, 5.41) is 12.6. The lowest BCUT2D eigenvalue weighted by molar-refractivity contribution is 0.0915. The Bertz CT molecular complexity index is 475. The van der Waals surface area contributed by atoms with Gasteiger partial charge in [-0.1, -0.05) is 12.5 Å². The van der Waals surface area contributed by atoms with Crippen LogP contribution in [0.4, 0.5) is 0 Å². The summed E-state index contributed by atoms with van der Waals surface area (Å²) in [4.78, 5) is 14.7. The van der Waals surface area contributed by atoms with E-state index in [4.69, 9.17) is 0 Å². The molecule has 2 aliphatic rings. The second-order valence-electron chi connectivity index (χ2n) is 5.52. The molecule has 0 radical (unpaired) electrons. The van der Waals surface area contributed by atoms with Crippen molar-refractivity contribution >= 4 is 5.91 Å². The molecule has 2 atom stereocenters. The highest BCUT2D eigenvalue weighted by atomic mass is 16.3. The summed E-state index contributed by atoms with van der Waals surface area (Å²) in [6, 6.07) is 7.30. The van der Waals surface area contributed by atoms with E-state index >= 15 is 0 Å². The van der Waals surface area contributed by atoms with Crippen molar-refractivity contribution in [3.8, 4) is 5.75 Å². The first-order valence-corrected chi connectivity index (χ1v) is 7.08. The number of benzene rings is 1. The van der Waals surface area contributed by atoms with Gasteiger partial charge in [0.05, 0.1) is 0 Å². The van der Waals surface area contributed by atoms with Crippen LogP contribution in [0.25, 0.3) is 0 Å². The third kappa shape index (κ3) is 2.59. The number of nitrogens with one attached hydrogen (secondary N) is 1. The predicted octanol–water partition coefficient (Wildman–Crippen LogP) is 1.75. The minimum Gasteiger partial charge on any atom is -0.508 e. The fourth-order valence-corrected chi connectivity index (χ4v) is 3.31. The molecule has 2 fully saturated rings. The van der Waals surface area contributed by atoms with Gasteiger partial charge < -0.3 is 10.4 Å². The van der Waals surface area contributed by atoms with Gasteiger partial charge in [0.25, 0.3) is 5.91 Å². The monoisotopic (exact) mass is 260 g/mol. The maximum absolute atomic E-state index is 12.2. The van der Waals surface area contributed by atoms with Crippen LogP contribution in [0, 0.1) is 0 Å². The molecule has 1 aromatic carbocycles. The van der Waals surface area contributed by atoms with Crippen LogP contribution in [0.2, 0.25) is 0 Å². The van der Waals surface area contributed by atoms with E-state index in [1.807, 2.05) is 0 Å². The zero-order chi connectivity index (χ0) is 13.2. The summed E-state index contributed by atoms with van der Waals surface area (Å²) in [6.45, 7) is 2.26. The molecule has 3 rings (SSSR count). The first-order chi connectivity index (χ1) is 9.24. The van der Waals surface area contributed by atoms with Crippen molar-refractivity contribution in [1.82, 2.24) is 10.2 Å². The molecule has 1 amide bonds. The molecule has 102 valence electrons. The van der Waals surface area contributed by atoms with Crippen molar-refractivity contribution < 1.29 is 9.90 Å². The summed E-state index contributed by atoms with van der Waals surface area (Å²) < 4.78 is 0.